The maximum Gasteiger partial charge on any atom is 0.322 e. The second-order valence-electron chi connectivity index (χ2n) is 8.48. The number of amides is 2. The standard InChI is InChI=1S/C25H28N4O4/c1-31-22-13-19-20(14-23(22)32-2)26-15-27-24(19)33-18-9-10-21-16(12-18)6-5-11-29(21)25(30)28-17-7-3-4-8-17/h9-10,12-15,17H,3-8,11H2,1-2H3,(H,28,30). The van der Waals surface area contributed by atoms with E-state index in [1.165, 1.54) is 19.2 Å². The second kappa shape index (κ2) is 9.13. The minimum Gasteiger partial charge on any atom is -0.493 e. The number of anilines is 1. The van der Waals surface area contributed by atoms with Crippen LogP contribution in [0.1, 0.15) is 37.7 Å². The van der Waals surface area contributed by atoms with Gasteiger partial charge in [0.15, 0.2) is 11.5 Å². The van der Waals surface area contributed by atoms with Gasteiger partial charge in [-0.05, 0) is 55.5 Å². The number of aromatic nitrogens is 2. The maximum absolute atomic E-state index is 12.9. The van der Waals surface area contributed by atoms with E-state index in [0.717, 1.165) is 48.9 Å². The monoisotopic (exact) mass is 448 g/mol. The van der Waals surface area contributed by atoms with Crippen LogP contribution >= 0.6 is 0 Å². The summed E-state index contributed by atoms with van der Waals surface area (Å²) in [5.41, 5.74) is 2.74. The number of aryl methyl sites for hydroxylation is 1. The molecule has 0 bridgehead atoms. The highest BCUT2D eigenvalue weighted by Crippen LogP contribution is 2.37. The molecule has 0 radical (unpaired) electrons. The Morgan fingerprint density at radius 1 is 1.03 bits per heavy atom. The Hall–Kier alpha value is -3.55. The van der Waals surface area contributed by atoms with Gasteiger partial charge in [-0.1, -0.05) is 12.8 Å². The van der Waals surface area contributed by atoms with Crippen molar-refractivity contribution in [2.24, 2.45) is 0 Å². The molecule has 1 aliphatic carbocycles. The summed E-state index contributed by atoms with van der Waals surface area (Å²) >= 11 is 0. The molecule has 8 heteroatoms. The molecule has 1 aromatic heterocycles. The number of nitrogens with zero attached hydrogens (tertiary/aromatic N) is 3. The van der Waals surface area contributed by atoms with E-state index in [2.05, 4.69) is 15.3 Å². The van der Waals surface area contributed by atoms with Crippen LogP contribution in [0.3, 0.4) is 0 Å². The van der Waals surface area contributed by atoms with E-state index in [9.17, 15) is 4.79 Å². The fourth-order valence-electron chi connectivity index (χ4n) is 4.72. The Morgan fingerprint density at radius 3 is 2.61 bits per heavy atom. The van der Waals surface area contributed by atoms with Crippen LogP contribution in [0.4, 0.5) is 10.5 Å². The lowest BCUT2D eigenvalue weighted by molar-refractivity contribution is 0.242. The van der Waals surface area contributed by atoms with E-state index in [1.54, 1.807) is 20.3 Å². The summed E-state index contributed by atoms with van der Waals surface area (Å²) < 4.78 is 17.0. The first-order valence-electron chi connectivity index (χ1n) is 11.4. The lowest BCUT2D eigenvalue weighted by Gasteiger charge is -2.31. The predicted octanol–water partition coefficient (Wildman–Crippen LogP) is 4.84. The molecule has 172 valence electrons. The Kier molecular flexibility index (Phi) is 5.90. The molecule has 2 amide bonds. The Balaban J connectivity index is 1.40. The number of hydrogen-bond donors (Lipinski definition) is 1. The summed E-state index contributed by atoms with van der Waals surface area (Å²) in [7, 11) is 3.18. The molecule has 2 aliphatic rings. The van der Waals surface area contributed by atoms with Crippen LogP contribution in [0, 0.1) is 0 Å². The fraction of sp³-hybridized carbons (Fsp3) is 0.400. The molecule has 1 saturated carbocycles. The molecule has 8 nitrogen and oxygen atoms in total. The van der Waals surface area contributed by atoms with E-state index in [1.807, 2.05) is 29.2 Å². The van der Waals surface area contributed by atoms with Crippen molar-refractivity contribution < 1.29 is 19.0 Å². The zero-order valence-corrected chi connectivity index (χ0v) is 19.0. The van der Waals surface area contributed by atoms with Gasteiger partial charge in [-0.25, -0.2) is 14.8 Å². The van der Waals surface area contributed by atoms with Gasteiger partial charge >= 0.3 is 6.03 Å². The van der Waals surface area contributed by atoms with E-state index in [0.29, 0.717) is 34.7 Å². The molecule has 1 aliphatic heterocycles. The van der Waals surface area contributed by atoms with Gasteiger partial charge in [-0.3, -0.25) is 4.90 Å². The zero-order chi connectivity index (χ0) is 22.8. The zero-order valence-electron chi connectivity index (χ0n) is 19.0. The molecule has 1 N–H and O–H groups in total. The summed E-state index contributed by atoms with van der Waals surface area (Å²) in [6, 6.07) is 9.76. The van der Waals surface area contributed by atoms with Crippen molar-refractivity contribution in [1.29, 1.82) is 0 Å². The number of rotatable bonds is 5. The third-order valence-electron chi connectivity index (χ3n) is 6.42. The normalized spacial score (nSPS) is 15.9. The lowest BCUT2D eigenvalue weighted by Crippen LogP contribution is -2.46. The molecular weight excluding hydrogens is 420 g/mol. The summed E-state index contributed by atoms with van der Waals surface area (Å²) in [6.45, 7) is 0.726. The summed E-state index contributed by atoms with van der Waals surface area (Å²) in [4.78, 5) is 23.4. The third-order valence-corrected chi connectivity index (χ3v) is 6.42. The summed E-state index contributed by atoms with van der Waals surface area (Å²) in [5, 5.41) is 3.93. The van der Waals surface area contributed by atoms with Gasteiger partial charge in [0, 0.05) is 24.3 Å². The van der Waals surface area contributed by atoms with E-state index < -0.39 is 0 Å². The molecule has 3 aromatic rings. The van der Waals surface area contributed by atoms with Gasteiger partial charge in [0.1, 0.15) is 12.1 Å². The molecule has 0 spiro atoms. The fourth-order valence-corrected chi connectivity index (χ4v) is 4.72. The number of nitrogens with one attached hydrogen (secondary N) is 1. The van der Waals surface area contributed by atoms with Gasteiger partial charge in [0.05, 0.1) is 25.1 Å². The minimum atomic E-state index is -0.000597. The second-order valence-corrected chi connectivity index (χ2v) is 8.48. The Morgan fingerprint density at radius 2 is 1.82 bits per heavy atom. The Bertz CT molecular complexity index is 1180. The van der Waals surface area contributed by atoms with Crippen molar-refractivity contribution in [1.82, 2.24) is 15.3 Å². The molecule has 5 rings (SSSR count). The van der Waals surface area contributed by atoms with Crippen molar-refractivity contribution >= 4 is 22.6 Å². The van der Waals surface area contributed by atoms with Crippen LogP contribution in [-0.4, -0.2) is 42.8 Å². The highest BCUT2D eigenvalue weighted by Gasteiger charge is 2.26. The number of carbonyl (C=O) groups is 1. The number of fused-ring (bicyclic) bond motifs is 2. The van der Waals surface area contributed by atoms with Crippen LogP contribution in [0.25, 0.3) is 10.9 Å². The maximum atomic E-state index is 12.9. The number of benzene rings is 2. The SMILES string of the molecule is COc1cc2ncnc(Oc3ccc4c(c3)CCCN4C(=O)NC3CCCC3)c2cc1OC. The molecule has 0 atom stereocenters. The first-order valence-corrected chi connectivity index (χ1v) is 11.4. The molecule has 0 saturated heterocycles. The average molecular weight is 449 g/mol. The van der Waals surface area contributed by atoms with Gasteiger partial charge in [0.2, 0.25) is 5.88 Å². The largest absolute Gasteiger partial charge is 0.493 e. The van der Waals surface area contributed by atoms with Crippen molar-refractivity contribution in [2.75, 3.05) is 25.7 Å². The lowest BCUT2D eigenvalue weighted by atomic mass is 10.0. The highest BCUT2D eigenvalue weighted by atomic mass is 16.5. The summed E-state index contributed by atoms with van der Waals surface area (Å²) in [6.07, 6.45) is 7.82. The first-order chi connectivity index (χ1) is 16.2. The molecule has 2 aromatic carbocycles. The molecule has 2 heterocycles. The quantitative estimate of drug-likeness (QED) is 0.601. The summed E-state index contributed by atoms with van der Waals surface area (Å²) in [5.74, 6) is 2.28. The van der Waals surface area contributed by atoms with E-state index in [4.69, 9.17) is 14.2 Å². The van der Waals surface area contributed by atoms with Gasteiger partial charge in [-0.15, -0.1) is 0 Å². The molecule has 0 unspecified atom stereocenters. The van der Waals surface area contributed by atoms with Crippen molar-refractivity contribution in [2.45, 2.75) is 44.6 Å². The topological polar surface area (TPSA) is 85.8 Å². The minimum absolute atomic E-state index is 0.000597. The van der Waals surface area contributed by atoms with Crippen molar-refractivity contribution in [3.8, 4) is 23.1 Å². The number of methoxy groups -OCH3 is 2. The Labute approximate surface area is 192 Å². The van der Waals surface area contributed by atoms with Crippen LogP contribution in [0.2, 0.25) is 0 Å². The van der Waals surface area contributed by atoms with E-state index in [-0.39, 0.29) is 6.03 Å². The molecule has 33 heavy (non-hydrogen) atoms. The first kappa shape index (κ1) is 21.3. The van der Waals surface area contributed by atoms with Crippen LogP contribution in [0.15, 0.2) is 36.7 Å². The van der Waals surface area contributed by atoms with Crippen molar-refractivity contribution in [3.63, 3.8) is 0 Å². The highest BCUT2D eigenvalue weighted by molar-refractivity contribution is 5.93. The predicted molar refractivity (Wildman–Crippen MR) is 126 cm³/mol. The number of urea groups is 1. The number of ether oxygens (including phenoxy) is 3. The molecule has 1 fully saturated rings. The van der Waals surface area contributed by atoms with Gasteiger partial charge in [0.25, 0.3) is 0 Å². The van der Waals surface area contributed by atoms with Crippen molar-refractivity contribution in [3.05, 3.63) is 42.2 Å². The van der Waals surface area contributed by atoms with Crippen LogP contribution in [0.5, 0.6) is 23.1 Å². The smallest absolute Gasteiger partial charge is 0.322 e. The van der Waals surface area contributed by atoms with E-state index >= 15 is 0 Å². The van der Waals surface area contributed by atoms with Crippen LogP contribution < -0.4 is 24.4 Å². The van der Waals surface area contributed by atoms with Gasteiger partial charge in [-0.2, -0.15) is 0 Å². The number of carbonyl (C=O) groups excluding carboxylic acids is 1. The van der Waals surface area contributed by atoms with Gasteiger partial charge < -0.3 is 19.5 Å². The van der Waals surface area contributed by atoms with Crippen LogP contribution in [-0.2, 0) is 6.42 Å². The molecular formula is C25H28N4O4. The third kappa shape index (κ3) is 4.25. The average Bonchev–Trinajstić information content (AvgIpc) is 3.35. The number of hydrogen-bond acceptors (Lipinski definition) is 6.